The molecule has 0 aliphatic rings. The average molecular weight is 132 g/mol. The van der Waals surface area contributed by atoms with Crippen molar-refractivity contribution in [2.75, 3.05) is 0 Å². The summed E-state index contributed by atoms with van der Waals surface area (Å²) in [5, 5.41) is 0. The van der Waals surface area contributed by atoms with E-state index in [9.17, 15) is 9.18 Å². The molecule has 0 saturated carbocycles. The van der Waals surface area contributed by atoms with Crippen LogP contribution in [-0.4, -0.2) is 12.5 Å². The molecule has 0 fully saturated rings. The summed E-state index contributed by atoms with van der Waals surface area (Å²) in [6.45, 7) is 2.01. The predicted molar refractivity (Wildman–Crippen MR) is 35.1 cm³/mol. The van der Waals surface area contributed by atoms with Gasteiger partial charge in [-0.1, -0.05) is 19.8 Å². The van der Waals surface area contributed by atoms with Crippen LogP contribution >= 0.6 is 0 Å². The van der Waals surface area contributed by atoms with Gasteiger partial charge >= 0.3 is 0 Å². The fraction of sp³-hybridized carbons (Fsp3) is 0.857. The largest absolute Gasteiger partial charge is 0.303 e. The van der Waals surface area contributed by atoms with Crippen molar-refractivity contribution in [2.45, 2.75) is 38.8 Å². The third-order valence-corrected chi connectivity index (χ3v) is 1.22. The van der Waals surface area contributed by atoms with Crippen molar-refractivity contribution < 1.29 is 9.18 Å². The minimum absolute atomic E-state index is 0.0694. The first-order valence-electron chi connectivity index (χ1n) is 3.39. The average Bonchev–Trinajstić information content (AvgIpc) is 1.85. The lowest BCUT2D eigenvalue weighted by Gasteiger charge is -1.99. The molecular weight excluding hydrogens is 119 g/mol. The molecule has 0 bridgehead atoms. The van der Waals surface area contributed by atoms with Crippen LogP contribution in [0.5, 0.6) is 0 Å². The lowest BCUT2D eigenvalue weighted by molar-refractivity contribution is -0.108. The SMILES string of the molecule is CCCCC(F)CC=O. The first kappa shape index (κ1) is 8.60. The van der Waals surface area contributed by atoms with E-state index < -0.39 is 6.17 Å². The van der Waals surface area contributed by atoms with Gasteiger partial charge in [0.2, 0.25) is 0 Å². The molecular formula is C7H13FO. The Bertz CT molecular complexity index is 73.3. The van der Waals surface area contributed by atoms with Crippen molar-refractivity contribution in [2.24, 2.45) is 0 Å². The molecule has 9 heavy (non-hydrogen) atoms. The van der Waals surface area contributed by atoms with Gasteiger partial charge < -0.3 is 4.79 Å². The molecule has 1 nitrogen and oxygen atoms in total. The predicted octanol–water partition coefficient (Wildman–Crippen LogP) is 2.10. The Balaban J connectivity index is 3.04. The highest BCUT2D eigenvalue weighted by Gasteiger charge is 2.02. The Kier molecular flexibility index (Phi) is 5.48. The number of unbranched alkanes of at least 4 members (excludes halogenated alkanes) is 1. The maximum absolute atomic E-state index is 12.4. The summed E-state index contributed by atoms with van der Waals surface area (Å²) in [4.78, 5) is 9.74. The first-order chi connectivity index (χ1) is 4.31. The summed E-state index contributed by atoms with van der Waals surface area (Å²) >= 11 is 0. The number of hydrogen-bond donors (Lipinski definition) is 0. The summed E-state index contributed by atoms with van der Waals surface area (Å²) in [5.41, 5.74) is 0. The lowest BCUT2D eigenvalue weighted by Crippen LogP contribution is -1.99. The summed E-state index contributed by atoms with van der Waals surface area (Å²) in [7, 11) is 0. The molecule has 0 heterocycles. The van der Waals surface area contributed by atoms with Gasteiger partial charge in [-0.2, -0.15) is 0 Å². The van der Waals surface area contributed by atoms with E-state index in [2.05, 4.69) is 0 Å². The van der Waals surface area contributed by atoms with E-state index >= 15 is 0 Å². The minimum atomic E-state index is -0.901. The third kappa shape index (κ3) is 5.47. The molecule has 0 amide bonds. The molecule has 1 atom stereocenters. The van der Waals surface area contributed by atoms with Crippen LogP contribution in [0.1, 0.15) is 32.6 Å². The van der Waals surface area contributed by atoms with Crippen molar-refractivity contribution in [3.05, 3.63) is 0 Å². The Morgan fingerprint density at radius 1 is 1.67 bits per heavy atom. The van der Waals surface area contributed by atoms with Crippen LogP contribution in [0.25, 0.3) is 0 Å². The summed E-state index contributed by atoms with van der Waals surface area (Å²) < 4.78 is 12.4. The molecule has 0 N–H and O–H groups in total. The highest BCUT2D eigenvalue weighted by molar-refractivity contribution is 5.49. The van der Waals surface area contributed by atoms with Gasteiger partial charge in [-0.05, 0) is 6.42 Å². The number of aldehydes is 1. The molecule has 0 aromatic carbocycles. The Labute approximate surface area is 55.3 Å². The second kappa shape index (κ2) is 5.73. The molecule has 0 aromatic rings. The van der Waals surface area contributed by atoms with Gasteiger partial charge in [0.05, 0.1) is 0 Å². The van der Waals surface area contributed by atoms with Crippen LogP contribution in [-0.2, 0) is 4.79 Å². The van der Waals surface area contributed by atoms with Gasteiger partial charge in [-0.3, -0.25) is 0 Å². The Morgan fingerprint density at radius 2 is 2.33 bits per heavy atom. The van der Waals surface area contributed by atoms with Gasteiger partial charge in [0.15, 0.2) is 0 Å². The van der Waals surface area contributed by atoms with E-state index in [-0.39, 0.29) is 6.42 Å². The molecule has 0 aliphatic heterocycles. The zero-order valence-electron chi connectivity index (χ0n) is 5.77. The van der Waals surface area contributed by atoms with Crippen molar-refractivity contribution >= 4 is 6.29 Å². The highest BCUT2D eigenvalue weighted by Crippen LogP contribution is 2.05. The molecule has 1 unspecified atom stereocenters. The summed E-state index contributed by atoms with van der Waals surface area (Å²) in [6.07, 6.45) is 2.23. The van der Waals surface area contributed by atoms with E-state index in [1.807, 2.05) is 6.92 Å². The van der Waals surface area contributed by atoms with Gasteiger partial charge in [-0.25, -0.2) is 4.39 Å². The van der Waals surface area contributed by atoms with Gasteiger partial charge in [0.1, 0.15) is 12.5 Å². The number of carbonyl (C=O) groups is 1. The minimum Gasteiger partial charge on any atom is -0.303 e. The number of alkyl halides is 1. The van der Waals surface area contributed by atoms with Crippen LogP contribution in [0.3, 0.4) is 0 Å². The highest BCUT2D eigenvalue weighted by atomic mass is 19.1. The Hall–Kier alpha value is -0.400. The van der Waals surface area contributed by atoms with Crippen LogP contribution in [0, 0.1) is 0 Å². The van der Waals surface area contributed by atoms with Crippen molar-refractivity contribution in [1.29, 1.82) is 0 Å². The monoisotopic (exact) mass is 132 g/mol. The number of rotatable bonds is 5. The summed E-state index contributed by atoms with van der Waals surface area (Å²) in [6, 6.07) is 0. The van der Waals surface area contributed by atoms with Crippen LogP contribution in [0.4, 0.5) is 4.39 Å². The van der Waals surface area contributed by atoms with Crippen molar-refractivity contribution in [1.82, 2.24) is 0 Å². The van der Waals surface area contributed by atoms with Crippen LogP contribution < -0.4 is 0 Å². The Morgan fingerprint density at radius 3 is 2.78 bits per heavy atom. The van der Waals surface area contributed by atoms with E-state index in [1.165, 1.54) is 0 Å². The van der Waals surface area contributed by atoms with Crippen LogP contribution in [0.15, 0.2) is 0 Å². The number of carbonyl (C=O) groups excluding carboxylic acids is 1. The van der Waals surface area contributed by atoms with E-state index in [0.29, 0.717) is 12.7 Å². The molecule has 0 rings (SSSR count). The maximum atomic E-state index is 12.4. The van der Waals surface area contributed by atoms with Crippen LogP contribution in [0.2, 0.25) is 0 Å². The van der Waals surface area contributed by atoms with Crippen molar-refractivity contribution in [3.63, 3.8) is 0 Å². The smallest absolute Gasteiger partial charge is 0.122 e. The van der Waals surface area contributed by atoms with Gasteiger partial charge in [0.25, 0.3) is 0 Å². The maximum Gasteiger partial charge on any atom is 0.122 e. The standard InChI is InChI=1S/C7H13FO/c1-2-3-4-7(8)5-6-9/h6-7H,2-5H2,1H3. The van der Waals surface area contributed by atoms with E-state index in [4.69, 9.17) is 0 Å². The molecule has 54 valence electrons. The zero-order valence-corrected chi connectivity index (χ0v) is 5.77. The van der Waals surface area contributed by atoms with Gasteiger partial charge in [-0.15, -0.1) is 0 Å². The quantitative estimate of drug-likeness (QED) is 0.523. The normalized spacial score (nSPS) is 13.1. The zero-order chi connectivity index (χ0) is 7.11. The fourth-order valence-corrected chi connectivity index (χ4v) is 0.648. The first-order valence-corrected chi connectivity index (χ1v) is 3.39. The number of halogens is 1. The molecule has 0 aromatic heterocycles. The molecule has 0 aliphatic carbocycles. The number of hydrogen-bond acceptors (Lipinski definition) is 1. The molecule has 0 radical (unpaired) electrons. The molecule has 0 spiro atoms. The molecule has 2 heteroatoms. The molecule has 0 saturated heterocycles. The fourth-order valence-electron chi connectivity index (χ4n) is 0.648. The topological polar surface area (TPSA) is 17.1 Å². The second-order valence-electron chi connectivity index (χ2n) is 2.14. The second-order valence-corrected chi connectivity index (χ2v) is 2.14. The third-order valence-electron chi connectivity index (χ3n) is 1.22. The van der Waals surface area contributed by atoms with E-state index in [1.54, 1.807) is 0 Å². The lowest BCUT2D eigenvalue weighted by atomic mass is 10.1. The van der Waals surface area contributed by atoms with Crippen molar-refractivity contribution in [3.8, 4) is 0 Å². The van der Waals surface area contributed by atoms with E-state index in [0.717, 1.165) is 12.8 Å². The summed E-state index contributed by atoms with van der Waals surface area (Å²) in [5.74, 6) is 0. The van der Waals surface area contributed by atoms with Gasteiger partial charge in [0, 0.05) is 6.42 Å².